The fourth-order valence-corrected chi connectivity index (χ4v) is 2.10. The van der Waals surface area contributed by atoms with Crippen LogP contribution in [0.3, 0.4) is 0 Å². The Morgan fingerprint density at radius 1 is 1.35 bits per heavy atom. The zero-order chi connectivity index (χ0) is 14.3. The number of carbonyl (C=O) groups excluding carboxylic acids is 1. The van der Waals surface area contributed by atoms with Gasteiger partial charge in [0.2, 0.25) is 0 Å². The molecule has 0 aliphatic carbocycles. The van der Waals surface area contributed by atoms with E-state index in [1.165, 1.54) is 6.20 Å². The molecule has 0 radical (unpaired) electrons. The number of fused-ring (bicyclic) bond motifs is 1. The molecule has 0 bridgehead atoms. The number of anilines is 1. The van der Waals surface area contributed by atoms with Gasteiger partial charge >= 0.3 is 0 Å². The highest BCUT2D eigenvalue weighted by Crippen LogP contribution is 2.13. The van der Waals surface area contributed by atoms with Crippen molar-refractivity contribution in [3.63, 3.8) is 0 Å². The molecule has 0 saturated carbocycles. The number of amides is 1. The molecular weight excluding hydrogens is 256 g/mol. The maximum absolute atomic E-state index is 12.3. The van der Waals surface area contributed by atoms with Crippen molar-refractivity contribution in [3.05, 3.63) is 41.5 Å². The van der Waals surface area contributed by atoms with Gasteiger partial charge in [-0.1, -0.05) is 0 Å². The quantitative estimate of drug-likeness (QED) is 0.762. The number of nitrogens with one attached hydrogen (secondary N) is 1. The predicted octanol–water partition coefficient (Wildman–Crippen LogP) is 1.33. The maximum Gasteiger partial charge on any atom is 0.262 e. The zero-order valence-corrected chi connectivity index (χ0v) is 11.5. The van der Waals surface area contributed by atoms with E-state index in [-0.39, 0.29) is 5.91 Å². The molecule has 0 aliphatic heterocycles. The molecule has 0 saturated heterocycles. The summed E-state index contributed by atoms with van der Waals surface area (Å²) in [6.07, 6.45) is 3.28. The molecule has 7 heteroatoms. The summed E-state index contributed by atoms with van der Waals surface area (Å²) in [5, 5.41) is 11.0. The van der Waals surface area contributed by atoms with Gasteiger partial charge in [-0.25, -0.2) is 9.50 Å². The molecule has 3 heterocycles. The number of aryl methyl sites for hydroxylation is 3. The Labute approximate surface area is 115 Å². The third kappa shape index (κ3) is 2.03. The lowest BCUT2D eigenvalue weighted by Crippen LogP contribution is -2.13. The molecule has 1 amide bonds. The summed E-state index contributed by atoms with van der Waals surface area (Å²) in [5.41, 5.74) is 2.77. The number of aromatic nitrogens is 5. The van der Waals surface area contributed by atoms with Crippen LogP contribution < -0.4 is 5.32 Å². The Balaban J connectivity index is 1.99. The summed E-state index contributed by atoms with van der Waals surface area (Å²) in [4.78, 5) is 16.6. The van der Waals surface area contributed by atoms with Crippen molar-refractivity contribution in [3.8, 4) is 0 Å². The Kier molecular flexibility index (Phi) is 2.74. The zero-order valence-electron chi connectivity index (χ0n) is 11.5. The molecule has 7 nitrogen and oxygen atoms in total. The average Bonchev–Trinajstić information content (AvgIpc) is 2.95. The van der Waals surface area contributed by atoms with Crippen LogP contribution in [-0.2, 0) is 7.05 Å². The first-order chi connectivity index (χ1) is 9.54. The minimum Gasteiger partial charge on any atom is -0.305 e. The largest absolute Gasteiger partial charge is 0.305 e. The van der Waals surface area contributed by atoms with E-state index in [0.717, 1.165) is 11.4 Å². The molecular formula is C13H14N6O. The number of nitrogens with zero attached hydrogens (tertiary/aromatic N) is 5. The van der Waals surface area contributed by atoms with Crippen LogP contribution >= 0.6 is 0 Å². The molecule has 0 spiro atoms. The van der Waals surface area contributed by atoms with Gasteiger partial charge < -0.3 is 5.32 Å². The highest BCUT2D eigenvalue weighted by molar-refractivity contribution is 6.07. The molecule has 1 N–H and O–H groups in total. The number of hydrogen-bond donors (Lipinski definition) is 1. The van der Waals surface area contributed by atoms with Crippen molar-refractivity contribution in [1.29, 1.82) is 0 Å². The Bertz CT molecular complexity index is 800. The van der Waals surface area contributed by atoms with Gasteiger partial charge in [-0.05, 0) is 19.9 Å². The van der Waals surface area contributed by atoms with Gasteiger partial charge in [0.05, 0.1) is 6.20 Å². The third-order valence-corrected chi connectivity index (χ3v) is 2.98. The van der Waals surface area contributed by atoms with Crippen LogP contribution in [0.25, 0.3) is 5.65 Å². The second kappa shape index (κ2) is 4.44. The van der Waals surface area contributed by atoms with Crippen LogP contribution in [0.15, 0.2) is 24.5 Å². The monoisotopic (exact) mass is 270 g/mol. The van der Waals surface area contributed by atoms with Crippen molar-refractivity contribution >= 4 is 17.4 Å². The van der Waals surface area contributed by atoms with Crippen LogP contribution in [0.2, 0.25) is 0 Å². The fraction of sp³-hybridized carbons (Fsp3) is 0.231. The summed E-state index contributed by atoms with van der Waals surface area (Å²) < 4.78 is 3.28. The van der Waals surface area contributed by atoms with E-state index in [4.69, 9.17) is 0 Å². The standard InChI is InChI=1S/C13H14N6O/c1-8-6-9(2)19-12(15-8)10(7-14-19)13(20)16-11-4-5-18(3)17-11/h4-7H,1-3H3,(H,16,17,20). The molecule has 102 valence electrons. The fourth-order valence-electron chi connectivity index (χ4n) is 2.10. The first-order valence-corrected chi connectivity index (χ1v) is 6.17. The van der Waals surface area contributed by atoms with Crippen molar-refractivity contribution in [2.75, 3.05) is 5.32 Å². The van der Waals surface area contributed by atoms with Crippen molar-refractivity contribution in [2.24, 2.45) is 7.05 Å². The van der Waals surface area contributed by atoms with E-state index in [0.29, 0.717) is 17.0 Å². The highest BCUT2D eigenvalue weighted by atomic mass is 16.1. The summed E-state index contributed by atoms with van der Waals surface area (Å²) >= 11 is 0. The molecule has 0 unspecified atom stereocenters. The first kappa shape index (κ1) is 12.3. The second-order valence-corrected chi connectivity index (χ2v) is 4.66. The van der Waals surface area contributed by atoms with Gasteiger partial charge in [-0.15, -0.1) is 0 Å². The summed E-state index contributed by atoms with van der Waals surface area (Å²) in [7, 11) is 1.79. The maximum atomic E-state index is 12.3. The molecule has 20 heavy (non-hydrogen) atoms. The van der Waals surface area contributed by atoms with Gasteiger partial charge in [0.15, 0.2) is 11.5 Å². The molecule has 3 rings (SSSR count). The number of carbonyl (C=O) groups is 1. The van der Waals surface area contributed by atoms with Crippen LogP contribution in [0, 0.1) is 13.8 Å². The second-order valence-electron chi connectivity index (χ2n) is 4.66. The lowest BCUT2D eigenvalue weighted by atomic mass is 10.3. The Morgan fingerprint density at radius 2 is 2.15 bits per heavy atom. The summed E-state index contributed by atoms with van der Waals surface area (Å²) in [6, 6.07) is 3.65. The minimum absolute atomic E-state index is 0.267. The average molecular weight is 270 g/mol. The Hall–Kier alpha value is -2.70. The van der Waals surface area contributed by atoms with E-state index < -0.39 is 0 Å². The molecule has 3 aromatic rings. The van der Waals surface area contributed by atoms with E-state index in [1.807, 2.05) is 19.9 Å². The van der Waals surface area contributed by atoms with Gasteiger partial charge in [0, 0.05) is 30.7 Å². The molecule has 0 atom stereocenters. The van der Waals surface area contributed by atoms with Gasteiger partial charge in [-0.2, -0.15) is 10.2 Å². The van der Waals surface area contributed by atoms with E-state index in [2.05, 4.69) is 20.5 Å². The Morgan fingerprint density at radius 3 is 2.85 bits per heavy atom. The van der Waals surface area contributed by atoms with Gasteiger partial charge in [-0.3, -0.25) is 9.48 Å². The van der Waals surface area contributed by atoms with Crippen LogP contribution in [0.5, 0.6) is 0 Å². The summed E-state index contributed by atoms with van der Waals surface area (Å²) in [6.45, 7) is 3.82. The van der Waals surface area contributed by atoms with Gasteiger partial charge in [0.25, 0.3) is 5.91 Å². The number of hydrogen-bond acceptors (Lipinski definition) is 4. The molecule has 0 aliphatic rings. The molecule has 0 aromatic carbocycles. The van der Waals surface area contributed by atoms with Crippen molar-refractivity contribution in [1.82, 2.24) is 24.4 Å². The molecule has 3 aromatic heterocycles. The van der Waals surface area contributed by atoms with Crippen LogP contribution in [-0.4, -0.2) is 30.3 Å². The normalized spacial score (nSPS) is 10.9. The van der Waals surface area contributed by atoms with Crippen molar-refractivity contribution < 1.29 is 4.79 Å². The summed E-state index contributed by atoms with van der Waals surface area (Å²) in [5.74, 6) is 0.234. The van der Waals surface area contributed by atoms with E-state index >= 15 is 0 Å². The highest BCUT2D eigenvalue weighted by Gasteiger charge is 2.16. The van der Waals surface area contributed by atoms with Gasteiger partial charge in [0.1, 0.15) is 5.56 Å². The SMILES string of the molecule is Cc1cc(C)n2ncc(C(=O)Nc3ccn(C)n3)c2n1. The van der Waals surface area contributed by atoms with Crippen molar-refractivity contribution in [2.45, 2.75) is 13.8 Å². The lowest BCUT2D eigenvalue weighted by Gasteiger charge is -2.02. The first-order valence-electron chi connectivity index (χ1n) is 6.17. The van der Waals surface area contributed by atoms with Crippen LogP contribution in [0.4, 0.5) is 5.82 Å². The topological polar surface area (TPSA) is 77.1 Å². The number of rotatable bonds is 2. The van der Waals surface area contributed by atoms with Crippen LogP contribution in [0.1, 0.15) is 21.7 Å². The van der Waals surface area contributed by atoms with E-state index in [1.54, 1.807) is 28.5 Å². The smallest absolute Gasteiger partial charge is 0.262 e. The van der Waals surface area contributed by atoms with E-state index in [9.17, 15) is 4.79 Å². The molecule has 0 fully saturated rings. The lowest BCUT2D eigenvalue weighted by molar-refractivity contribution is 0.102. The third-order valence-electron chi connectivity index (χ3n) is 2.98. The predicted molar refractivity (Wildman–Crippen MR) is 73.6 cm³/mol. The minimum atomic E-state index is -0.267.